The number of esters is 1. The van der Waals surface area contributed by atoms with Gasteiger partial charge in [0.05, 0.1) is 21.9 Å². The van der Waals surface area contributed by atoms with Crippen LogP contribution in [-0.4, -0.2) is 28.7 Å². The number of likely N-dealkylation sites (tertiary alicyclic amines) is 1. The van der Waals surface area contributed by atoms with Gasteiger partial charge in [0, 0.05) is 6.42 Å². The third-order valence-electron chi connectivity index (χ3n) is 8.84. The summed E-state index contributed by atoms with van der Waals surface area (Å²) in [5.41, 5.74) is 4.13. The molecule has 3 aliphatic carbocycles. The Morgan fingerprint density at radius 3 is 1.67 bits per heavy atom. The molecule has 1 aliphatic heterocycles. The molecule has 0 unspecified atom stereocenters. The molecule has 8 rings (SSSR count). The zero-order chi connectivity index (χ0) is 30.1. The Labute approximate surface area is 268 Å². The maximum atomic E-state index is 14.5. The molecule has 9 heteroatoms. The average molecular weight is 651 g/mol. The fourth-order valence-corrected chi connectivity index (χ4v) is 8.41. The number of imide groups is 1. The van der Waals surface area contributed by atoms with E-state index in [2.05, 4.69) is 0 Å². The first-order valence-corrected chi connectivity index (χ1v) is 15.3. The van der Waals surface area contributed by atoms with Crippen molar-refractivity contribution in [3.8, 4) is 0 Å². The molecule has 2 bridgehead atoms. The molecule has 3 atom stereocenters. The summed E-state index contributed by atoms with van der Waals surface area (Å²) < 4.78 is 5.71. The summed E-state index contributed by atoms with van der Waals surface area (Å²) in [6, 6.07) is 27.7. The molecule has 1 saturated heterocycles. The number of hydrogen-bond donors (Lipinski definition) is 0. The van der Waals surface area contributed by atoms with E-state index in [4.69, 9.17) is 51.1 Å². The molecule has 4 aromatic carbocycles. The maximum Gasteiger partial charge on any atom is 0.330 e. The van der Waals surface area contributed by atoms with Gasteiger partial charge in [-0.1, -0.05) is 108 Å². The number of rotatable bonds is 6. The van der Waals surface area contributed by atoms with Gasteiger partial charge in [0.15, 0.2) is 0 Å². The van der Waals surface area contributed by atoms with Crippen LogP contribution in [0, 0.1) is 11.8 Å². The number of alkyl halides is 2. The van der Waals surface area contributed by atoms with Crippen LogP contribution in [0.2, 0.25) is 10.0 Å². The van der Waals surface area contributed by atoms with Crippen LogP contribution in [0.3, 0.4) is 0 Å². The van der Waals surface area contributed by atoms with Crippen LogP contribution in [0.1, 0.15) is 33.4 Å². The summed E-state index contributed by atoms with van der Waals surface area (Å²) in [5, 5.41) is 0.690. The monoisotopic (exact) mass is 649 g/mol. The Kier molecular flexibility index (Phi) is 6.86. The number of ether oxygens (including phenoxy) is 1. The highest BCUT2D eigenvalue weighted by atomic mass is 35.5. The second-order valence-corrected chi connectivity index (χ2v) is 13.1. The number of hydrogen-bond acceptors (Lipinski definition) is 4. The molecule has 216 valence electrons. The Bertz CT molecular complexity index is 1690. The first-order chi connectivity index (χ1) is 20.7. The lowest BCUT2D eigenvalue weighted by Crippen LogP contribution is -2.57. The topological polar surface area (TPSA) is 63.7 Å². The smallest absolute Gasteiger partial charge is 0.330 e. The standard InChI is InChI=1S/C34H23Cl4NO4/c35-25-15-14-20(16-26(25)36)18-43-32(42)27(17-19-8-2-1-3-9-19)39-30(40)28-29(31(39)41)34(38)22-11-5-4-10-21(22)33(28,37)23-12-6-7-13-24(23)34/h1-16,27-29H,17-18H2/t27-,28-,29+,33?,34?/m0/s1. The van der Waals surface area contributed by atoms with Gasteiger partial charge in [0.2, 0.25) is 11.8 Å². The molecule has 2 amide bonds. The SMILES string of the molecule is O=C(OCc1ccc(Cl)c(Cl)c1)[C@H](Cc1ccccc1)N1C(=O)[C@@H]2[C@H](C1=O)C1(Cl)c3ccccc3C2(Cl)c2ccccc21. The van der Waals surface area contributed by atoms with Crippen LogP contribution >= 0.6 is 46.4 Å². The first-order valence-electron chi connectivity index (χ1n) is 13.8. The number of halogens is 4. The van der Waals surface area contributed by atoms with Gasteiger partial charge >= 0.3 is 5.97 Å². The summed E-state index contributed by atoms with van der Waals surface area (Å²) in [4.78, 5) is 41.2. The molecule has 0 radical (unpaired) electrons. The van der Waals surface area contributed by atoms with E-state index in [9.17, 15) is 14.4 Å². The van der Waals surface area contributed by atoms with Gasteiger partial charge in [-0.05, 0) is 45.5 Å². The zero-order valence-electron chi connectivity index (χ0n) is 22.5. The van der Waals surface area contributed by atoms with E-state index in [1.807, 2.05) is 78.9 Å². The van der Waals surface area contributed by atoms with Crippen LogP contribution in [0.5, 0.6) is 0 Å². The van der Waals surface area contributed by atoms with Gasteiger partial charge in [-0.15, -0.1) is 23.2 Å². The van der Waals surface area contributed by atoms with E-state index >= 15 is 0 Å². The van der Waals surface area contributed by atoms with E-state index in [0.29, 0.717) is 37.9 Å². The van der Waals surface area contributed by atoms with Gasteiger partial charge in [-0.2, -0.15) is 0 Å². The van der Waals surface area contributed by atoms with Crippen molar-refractivity contribution in [1.29, 1.82) is 0 Å². The summed E-state index contributed by atoms with van der Waals surface area (Å²) in [6.07, 6.45) is 0.0580. The van der Waals surface area contributed by atoms with Crippen molar-refractivity contribution >= 4 is 64.2 Å². The minimum absolute atomic E-state index is 0.0580. The van der Waals surface area contributed by atoms with E-state index in [1.54, 1.807) is 18.2 Å². The van der Waals surface area contributed by atoms with Gasteiger partial charge in [-0.3, -0.25) is 14.5 Å². The minimum Gasteiger partial charge on any atom is -0.459 e. The predicted molar refractivity (Wildman–Crippen MR) is 165 cm³/mol. The van der Waals surface area contributed by atoms with Crippen LogP contribution in [0.15, 0.2) is 97.1 Å². The van der Waals surface area contributed by atoms with Gasteiger partial charge in [0.1, 0.15) is 22.4 Å². The van der Waals surface area contributed by atoms with Crippen LogP contribution < -0.4 is 0 Å². The summed E-state index contributed by atoms with van der Waals surface area (Å²) in [5.74, 6) is -3.88. The first kappa shape index (κ1) is 28.4. The summed E-state index contributed by atoms with van der Waals surface area (Å²) in [7, 11) is 0. The Hall–Kier alpha value is -3.35. The Morgan fingerprint density at radius 1 is 0.698 bits per heavy atom. The minimum atomic E-state index is -1.35. The fraction of sp³-hybridized carbons (Fsp3) is 0.206. The largest absolute Gasteiger partial charge is 0.459 e. The summed E-state index contributed by atoms with van der Waals surface area (Å²) >= 11 is 27.3. The number of nitrogens with zero attached hydrogens (tertiary/aromatic N) is 1. The quantitative estimate of drug-likeness (QED) is 0.125. The fourth-order valence-electron chi connectivity index (χ4n) is 6.99. The van der Waals surface area contributed by atoms with Gasteiger partial charge in [-0.25, -0.2) is 4.79 Å². The van der Waals surface area contributed by atoms with Crippen molar-refractivity contribution in [2.24, 2.45) is 11.8 Å². The van der Waals surface area contributed by atoms with Crippen molar-refractivity contribution in [2.75, 3.05) is 0 Å². The molecule has 0 N–H and O–H groups in total. The maximum absolute atomic E-state index is 14.5. The van der Waals surface area contributed by atoms with Crippen LogP contribution in [-0.2, 0) is 41.9 Å². The van der Waals surface area contributed by atoms with Crippen molar-refractivity contribution in [2.45, 2.75) is 28.8 Å². The molecular weight excluding hydrogens is 628 g/mol. The van der Waals surface area contributed by atoms with Crippen LogP contribution in [0.4, 0.5) is 0 Å². The van der Waals surface area contributed by atoms with Crippen molar-refractivity contribution in [1.82, 2.24) is 4.90 Å². The van der Waals surface area contributed by atoms with Gasteiger partial charge < -0.3 is 4.74 Å². The molecule has 0 aromatic heterocycles. The molecule has 1 fully saturated rings. The Morgan fingerprint density at radius 2 is 1.19 bits per heavy atom. The average Bonchev–Trinajstić information content (AvgIpc) is 3.30. The van der Waals surface area contributed by atoms with Crippen molar-refractivity contribution in [3.05, 3.63) is 140 Å². The second kappa shape index (κ2) is 10.4. The van der Waals surface area contributed by atoms with Crippen LogP contribution in [0.25, 0.3) is 0 Å². The molecule has 4 aromatic rings. The van der Waals surface area contributed by atoms with E-state index in [0.717, 1.165) is 10.5 Å². The number of carbonyl (C=O) groups excluding carboxylic acids is 3. The predicted octanol–water partition coefficient (Wildman–Crippen LogP) is 7.24. The highest BCUT2D eigenvalue weighted by molar-refractivity contribution is 6.42. The molecular formula is C34H23Cl4NO4. The molecule has 1 heterocycles. The number of benzene rings is 4. The lowest BCUT2D eigenvalue weighted by atomic mass is 9.54. The molecule has 0 spiro atoms. The number of amides is 2. The van der Waals surface area contributed by atoms with Crippen molar-refractivity contribution in [3.63, 3.8) is 0 Å². The third-order valence-corrected chi connectivity index (χ3v) is 10.9. The highest BCUT2D eigenvalue weighted by Crippen LogP contribution is 2.69. The molecule has 43 heavy (non-hydrogen) atoms. The number of carbonyl (C=O) groups is 3. The lowest BCUT2D eigenvalue weighted by molar-refractivity contribution is -0.159. The second-order valence-electron chi connectivity index (χ2n) is 11.1. The van der Waals surface area contributed by atoms with E-state index in [-0.39, 0.29) is 13.0 Å². The molecule has 4 aliphatic rings. The van der Waals surface area contributed by atoms with E-state index < -0.39 is 45.4 Å². The van der Waals surface area contributed by atoms with Gasteiger partial charge in [0.25, 0.3) is 0 Å². The zero-order valence-corrected chi connectivity index (χ0v) is 25.5. The highest BCUT2D eigenvalue weighted by Gasteiger charge is 2.73. The van der Waals surface area contributed by atoms with E-state index in [1.165, 1.54) is 0 Å². The van der Waals surface area contributed by atoms with Crippen molar-refractivity contribution < 1.29 is 19.1 Å². The lowest BCUT2D eigenvalue weighted by Gasteiger charge is -2.54. The summed E-state index contributed by atoms with van der Waals surface area (Å²) in [6.45, 7) is -0.125. The molecule has 5 nitrogen and oxygen atoms in total. The third kappa shape index (κ3) is 4.09. The molecule has 0 saturated carbocycles. The Balaban J connectivity index is 1.31. The normalized spacial score (nSPS) is 25.6.